The molecule has 5 atom stereocenters. The highest BCUT2D eigenvalue weighted by atomic mass is 16.7. The van der Waals surface area contributed by atoms with Crippen molar-refractivity contribution in [1.82, 2.24) is 0 Å². The monoisotopic (exact) mass is 277 g/mol. The first-order chi connectivity index (χ1) is 9.79. The molecule has 0 saturated carbocycles. The van der Waals surface area contributed by atoms with Crippen molar-refractivity contribution in [2.75, 3.05) is 6.61 Å². The van der Waals surface area contributed by atoms with Gasteiger partial charge < -0.3 is 19.3 Å². The predicted octanol–water partition coefficient (Wildman–Crippen LogP) is 1.37. The molecule has 2 heterocycles. The van der Waals surface area contributed by atoms with Gasteiger partial charge in [-0.3, -0.25) is 0 Å². The Hall–Kier alpha value is -1.63. The molecule has 0 unspecified atom stereocenters. The van der Waals surface area contributed by atoms with Crippen LogP contribution < -0.4 is 0 Å². The van der Waals surface area contributed by atoms with Crippen LogP contribution in [0, 0.1) is 0 Å². The highest BCUT2D eigenvalue weighted by molar-refractivity contribution is 5.13. The summed E-state index contributed by atoms with van der Waals surface area (Å²) in [6.45, 7) is 0.689. The summed E-state index contributed by atoms with van der Waals surface area (Å²) < 4.78 is 16.7. The summed E-state index contributed by atoms with van der Waals surface area (Å²) in [6, 6.07) is 8.87. The van der Waals surface area contributed by atoms with E-state index >= 15 is 0 Å². The van der Waals surface area contributed by atoms with Crippen molar-refractivity contribution in [3.05, 3.63) is 46.3 Å². The Morgan fingerprint density at radius 3 is 2.95 bits per heavy atom. The van der Waals surface area contributed by atoms with Crippen LogP contribution in [0.5, 0.6) is 0 Å². The summed E-state index contributed by atoms with van der Waals surface area (Å²) in [5.74, 6) is 0. The first-order valence-corrected chi connectivity index (χ1v) is 6.44. The average Bonchev–Trinajstić information content (AvgIpc) is 2.90. The quantitative estimate of drug-likeness (QED) is 0.510. The van der Waals surface area contributed by atoms with Crippen molar-refractivity contribution in [3.63, 3.8) is 0 Å². The lowest BCUT2D eigenvalue weighted by molar-refractivity contribution is -0.195. The van der Waals surface area contributed by atoms with Crippen LogP contribution in [0.3, 0.4) is 0 Å². The first kappa shape index (κ1) is 13.4. The summed E-state index contributed by atoms with van der Waals surface area (Å²) >= 11 is 0. The zero-order chi connectivity index (χ0) is 13.9. The van der Waals surface area contributed by atoms with E-state index in [2.05, 4.69) is 10.0 Å². The van der Waals surface area contributed by atoms with E-state index in [-0.39, 0.29) is 6.10 Å². The van der Waals surface area contributed by atoms with Crippen LogP contribution in [0.25, 0.3) is 10.4 Å². The van der Waals surface area contributed by atoms with E-state index in [1.165, 1.54) is 0 Å². The first-order valence-electron chi connectivity index (χ1n) is 6.44. The molecular weight excluding hydrogens is 262 g/mol. The molecule has 0 aliphatic carbocycles. The molecule has 1 N–H and O–H groups in total. The fourth-order valence-corrected chi connectivity index (χ4v) is 2.52. The van der Waals surface area contributed by atoms with Gasteiger partial charge in [0.1, 0.15) is 18.2 Å². The summed E-state index contributed by atoms with van der Waals surface area (Å²) in [5, 5.41) is 13.8. The zero-order valence-corrected chi connectivity index (χ0v) is 10.7. The molecule has 3 rings (SSSR count). The Morgan fingerprint density at radius 2 is 2.20 bits per heavy atom. The Labute approximate surface area is 115 Å². The molecule has 2 aliphatic heterocycles. The highest BCUT2D eigenvalue weighted by Gasteiger charge is 2.50. The zero-order valence-electron chi connectivity index (χ0n) is 10.7. The van der Waals surface area contributed by atoms with Gasteiger partial charge in [-0.1, -0.05) is 35.4 Å². The molecule has 2 aliphatic rings. The summed E-state index contributed by atoms with van der Waals surface area (Å²) in [7, 11) is 0. The lowest BCUT2D eigenvalue weighted by Crippen LogP contribution is -2.53. The summed E-state index contributed by atoms with van der Waals surface area (Å²) in [5.41, 5.74) is 9.55. The fourth-order valence-electron chi connectivity index (χ4n) is 2.52. The van der Waals surface area contributed by atoms with Gasteiger partial charge in [-0.2, -0.15) is 0 Å². The normalized spacial score (nSPS) is 35.5. The van der Waals surface area contributed by atoms with Crippen LogP contribution in [-0.2, 0) is 20.8 Å². The lowest BCUT2D eigenvalue weighted by Gasteiger charge is -2.35. The van der Waals surface area contributed by atoms with E-state index in [1.54, 1.807) is 0 Å². The fraction of sp³-hybridized carbons (Fsp3) is 0.538. The molecule has 2 saturated heterocycles. The Morgan fingerprint density at radius 1 is 1.40 bits per heavy atom. The Bertz CT molecular complexity index is 506. The van der Waals surface area contributed by atoms with Gasteiger partial charge in [0.15, 0.2) is 6.29 Å². The predicted molar refractivity (Wildman–Crippen MR) is 68.6 cm³/mol. The van der Waals surface area contributed by atoms with Crippen LogP contribution in [0.2, 0.25) is 0 Å². The minimum Gasteiger partial charge on any atom is -0.390 e. The number of hydrogen-bond donors (Lipinski definition) is 1. The molecule has 0 spiro atoms. The smallest absolute Gasteiger partial charge is 0.169 e. The Kier molecular flexibility index (Phi) is 3.86. The number of azide groups is 1. The third-order valence-electron chi connectivity index (χ3n) is 3.54. The van der Waals surface area contributed by atoms with Gasteiger partial charge in [0, 0.05) is 4.91 Å². The van der Waals surface area contributed by atoms with E-state index in [9.17, 15) is 5.11 Å². The topological polar surface area (TPSA) is 96.7 Å². The number of hydrogen-bond acceptors (Lipinski definition) is 5. The second kappa shape index (κ2) is 5.78. The van der Waals surface area contributed by atoms with Crippen molar-refractivity contribution in [2.24, 2.45) is 5.11 Å². The van der Waals surface area contributed by atoms with E-state index in [0.29, 0.717) is 13.2 Å². The van der Waals surface area contributed by atoms with Crippen molar-refractivity contribution >= 4 is 0 Å². The molecule has 20 heavy (non-hydrogen) atoms. The van der Waals surface area contributed by atoms with E-state index in [4.69, 9.17) is 19.7 Å². The molecule has 0 amide bonds. The molecule has 0 aromatic heterocycles. The number of aliphatic hydroxyl groups is 1. The van der Waals surface area contributed by atoms with Crippen LogP contribution in [-0.4, -0.2) is 42.4 Å². The lowest BCUT2D eigenvalue weighted by atomic mass is 9.99. The van der Waals surface area contributed by atoms with E-state index in [0.717, 1.165) is 5.56 Å². The third-order valence-corrected chi connectivity index (χ3v) is 3.54. The van der Waals surface area contributed by atoms with Gasteiger partial charge >= 0.3 is 0 Å². The summed E-state index contributed by atoms with van der Waals surface area (Å²) in [6.07, 6.45) is -2.50. The van der Waals surface area contributed by atoms with Gasteiger partial charge in [0.2, 0.25) is 0 Å². The summed E-state index contributed by atoms with van der Waals surface area (Å²) in [4.78, 5) is 2.73. The number of benzene rings is 1. The van der Waals surface area contributed by atoms with Crippen molar-refractivity contribution in [3.8, 4) is 0 Å². The van der Waals surface area contributed by atoms with Crippen molar-refractivity contribution in [2.45, 2.75) is 37.3 Å². The molecule has 2 fully saturated rings. The van der Waals surface area contributed by atoms with Gasteiger partial charge in [-0.05, 0) is 11.1 Å². The number of ether oxygens (including phenoxy) is 3. The number of fused-ring (bicyclic) bond motifs is 2. The maximum atomic E-state index is 10.3. The van der Waals surface area contributed by atoms with Gasteiger partial charge in [0.05, 0.1) is 19.3 Å². The van der Waals surface area contributed by atoms with Gasteiger partial charge in [-0.15, -0.1) is 0 Å². The molecule has 0 radical (unpaired) electrons. The van der Waals surface area contributed by atoms with Crippen LogP contribution in [0.4, 0.5) is 0 Å². The minimum absolute atomic E-state index is 0.330. The highest BCUT2D eigenvalue weighted by Crippen LogP contribution is 2.32. The van der Waals surface area contributed by atoms with E-state index < -0.39 is 24.5 Å². The molecular formula is C13H15N3O4. The minimum atomic E-state index is -0.930. The van der Waals surface area contributed by atoms with Crippen LogP contribution >= 0.6 is 0 Å². The molecule has 1 aromatic carbocycles. The van der Waals surface area contributed by atoms with Crippen molar-refractivity contribution < 1.29 is 19.3 Å². The molecule has 106 valence electrons. The molecule has 2 bridgehead atoms. The molecule has 7 heteroatoms. The number of nitrogens with zero attached hydrogens (tertiary/aromatic N) is 3. The second-order valence-electron chi connectivity index (χ2n) is 4.82. The van der Waals surface area contributed by atoms with Gasteiger partial charge in [0.25, 0.3) is 0 Å². The second-order valence-corrected chi connectivity index (χ2v) is 4.82. The van der Waals surface area contributed by atoms with Crippen molar-refractivity contribution in [1.29, 1.82) is 0 Å². The third kappa shape index (κ3) is 2.49. The SMILES string of the molecule is [N-]=[N+]=N[C@@H]1[C@H]2OC[C@@H](O2)[C@@H](OCc2ccccc2)[C@@H]1O. The molecule has 7 nitrogen and oxygen atoms in total. The number of rotatable bonds is 4. The van der Waals surface area contributed by atoms with Crippen LogP contribution in [0.1, 0.15) is 5.56 Å². The molecule has 1 aromatic rings. The standard InChI is InChI=1S/C13H15N3O4/c14-16-15-10-11(17)12(9-7-19-13(10)20-9)18-6-8-4-2-1-3-5-8/h1-5,9-13,17H,6-7H2/t9-,10+,11-,12-,13+/m1/s1. The maximum absolute atomic E-state index is 10.3. The Balaban J connectivity index is 1.70. The van der Waals surface area contributed by atoms with Crippen LogP contribution in [0.15, 0.2) is 35.4 Å². The maximum Gasteiger partial charge on any atom is 0.169 e. The largest absolute Gasteiger partial charge is 0.390 e. The number of aliphatic hydroxyl groups excluding tert-OH is 1. The van der Waals surface area contributed by atoms with Gasteiger partial charge in [-0.25, -0.2) is 0 Å². The van der Waals surface area contributed by atoms with E-state index in [1.807, 2.05) is 30.3 Å². The average molecular weight is 277 g/mol.